The van der Waals surface area contributed by atoms with Crippen LogP contribution in [-0.4, -0.2) is 45.1 Å². The van der Waals surface area contributed by atoms with E-state index in [1.165, 1.54) is 12.1 Å². The molecular weight excluding hydrogens is 549 g/mol. The fourth-order valence-corrected chi connectivity index (χ4v) is 4.84. The fraction of sp³-hybridized carbons (Fsp3) is 0.522. The average molecular weight is 583 g/mol. The highest BCUT2D eigenvalue weighted by atomic mass is 35.5. The molecule has 0 amide bonds. The summed E-state index contributed by atoms with van der Waals surface area (Å²) in [6.45, 7) is 8.00. The van der Waals surface area contributed by atoms with Gasteiger partial charge in [-0.15, -0.1) is 0 Å². The largest absolute Gasteiger partial charge is 0.465 e. The van der Waals surface area contributed by atoms with Crippen molar-refractivity contribution in [1.82, 2.24) is 9.97 Å². The number of sulfone groups is 1. The molecule has 0 saturated heterocycles. The number of unbranched alkanes of at least 4 members (excludes halogenated alkanes) is 1. The number of halogens is 2. The summed E-state index contributed by atoms with van der Waals surface area (Å²) in [5, 5.41) is 4.81. The van der Waals surface area contributed by atoms with E-state index in [4.69, 9.17) is 33.1 Å². The second-order valence-electron chi connectivity index (χ2n) is 8.23. The molecule has 2 aromatic rings. The van der Waals surface area contributed by atoms with Crippen LogP contribution in [0.5, 0.6) is 0 Å². The van der Waals surface area contributed by atoms with E-state index < -0.39 is 25.8 Å². The van der Waals surface area contributed by atoms with Crippen LogP contribution in [-0.2, 0) is 29.4 Å². The van der Waals surface area contributed by atoms with Crippen LogP contribution in [0.1, 0.15) is 57.1 Å². The summed E-state index contributed by atoms with van der Waals surface area (Å²) in [6, 6.07) is 5.87. The van der Waals surface area contributed by atoms with Crippen molar-refractivity contribution in [2.45, 2.75) is 69.9 Å². The number of rotatable bonds is 11. The number of primary sulfonamides is 1. The van der Waals surface area contributed by atoms with Gasteiger partial charge in [-0.25, -0.2) is 31.9 Å². The van der Waals surface area contributed by atoms with Gasteiger partial charge in [-0.3, -0.25) is 4.79 Å². The Hall–Kier alpha value is -1.79. The normalized spacial score (nSPS) is 12.4. The first-order chi connectivity index (χ1) is 16.7. The number of hydrogen-bond donors (Lipinski definition) is 1. The Balaban J connectivity index is 0.000000450. The van der Waals surface area contributed by atoms with Gasteiger partial charge in [-0.2, -0.15) is 0 Å². The van der Waals surface area contributed by atoms with Crippen LogP contribution in [0.25, 0.3) is 0 Å². The van der Waals surface area contributed by atoms with Crippen molar-refractivity contribution in [2.75, 3.05) is 12.4 Å². The first-order valence-corrected chi connectivity index (χ1v) is 15.3. The van der Waals surface area contributed by atoms with E-state index >= 15 is 0 Å². The van der Waals surface area contributed by atoms with Crippen molar-refractivity contribution >= 4 is 49.0 Å². The van der Waals surface area contributed by atoms with E-state index in [9.17, 15) is 21.6 Å². The lowest BCUT2D eigenvalue weighted by Crippen LogP contribution is -2.18. The Kier molecular flexibility index (Phi) is 13.3. The number of sulfonamides is 1. The molecule has 0 aliphatic rings. The molecule has 2 rings (SSSR count). The Bertz CT molecular complexity index is 1240. The monoisotopic (exact) mass is 581 g/mol. The molecule has 36 heavy (non-hydrogen) atoms. The zero-order valence-corrected chi connectivity index (χ0v) is 24.0. The van der Waals surface area contributed by atoms with Crippen LogP contribution < -0.4 is 5.14 Å². The SMILES string of the molecule is CCCCC(CC)COC(=O)CCS(=O)(=O)c1ccc(C)c(Cl)n1.Cc1ccc(S(N)(=O)=O)nc1Cl. The number of nitrogens with two attached hydrogens (primary N) is 1. The predicted molar refractivity (Wildman–Crippen MR) is 140 cm³/mol. The predicted octanol–water partition coefficient (Wildman–Crippen LogP) is 4.66. The highest BCUT2D eigenvalue weighted by Crippen LogP contribution is 2.18. The van der Waals surface area contributed by atoms with Gasteiger partial charge in [-0.1, -0.05) is 68.4 Å². The summed E-state index contributed by atoms with van der Waals surface area (Å²) in [5.74, 6) is -0.487. The highest BCUT2D eigenvalue weighted by molar-refractivity contribution is 7.91. The molecule has 1 atom stereocenters. The number of aryl methyl sites for hydroxylation is 2. The van der Waals surface area contributed by atoms with Gasteiger partial charge in [0.2, 0.25) is 0 Å². The van der Waals surface area contributed by atoms with Crippen molar-refractivity contribution in [1.29, 1.82) is 0 Å². The Morgan fingerprint density at radius 1 is 0.972 bits per heavy atom. The van der Waals surface area contributed by atoms with Crippen LogP contribution in [0.2, 0.25) is 10.3 Å². The number of ether oxygens (including phenoxy) is 1. The summed E-state index contributed by atoms with van der Waals surface area (Å²) < 4.78 is 51.1. The topological polar surface area (TPSA) is 146 Å². The van der Waals surface area contributed by atoms with E-state index in [0.717, 1.165) is 25.7 Å². The maximum Gasteiger partial charge on any atom is 0.306 e. The molecule has 2 aromatic heterocycles. The third-order valence-corrected chi connectivity index (χ3v) is 8.41. The lowest BCUT2D eigenvalue weighted by Gasteiger charge is -2.14. The molecule has 0 aliphatic heterocycles. The third-order valence-electron chi connectivity index (χ3n) is 5.23. The van der Waals surface area contributed by atoms with Crippen LogP contribution in [0.4, 0.5) is 0 Å². The quantitative estimate of drug-likeness (QED) is 0.297. The molecule has 9 nitrogen and oxygen atoms in total. The maximum absolute atomic E-state index is 12.2. The van der Waals surface area contributed by atoms with Gasteiger partial charge in [0.1, 0.15) is 10.3 Å². The average Bonchev–Trinajstić information content (AvgIpc) is 2.81. The molecule has 0 radical (unpaired) electrons. The van der Waals surface area contributed by atoms with E-state index in [1.807, 2.05) is 0 Å². The molecule has 0 aliphatic carbocycles. The lowest BCUT2D eigenvalue weighted by molar-refractivity contribution is -0.144. The third kappa shape index (κ3) is 11.1. The van der Waals surface area contributed by atoms with Gasteiger partial charge in [-0.05, 0) is 49.4 Å². The molecule has 0 spiro atoms. The first kappa shape index (κ1) is 32.2. The van der Waals surface area contributed by atoms with Crippen molar-refractivity contribution in [3.63, 3.8) is 0 Å². The van der Waals surface area contributed by atoms with Gasteiger partial charge in [0.25, 0.3) is 10.0 Å². The summed E-state index contributed by atoms with van der Waals surface area (Å²) in [4.78, 5) is 19.3. The minimum atomic E-state index is -3.74. The molecule has 0 aromatic carbocycles. The first-order valence-electron chi connectivity index (χ1n) is 11.4. The van der Waals surface area contributed by atoms with Gasteiger partial charge in [0.15, 0.2) is 19.9 Å². The maximum atomic E-state index is 12.2. The molecule has 0 saturated carbocycles. The molecule has 2 N–H and O–H groups in total. The smallest absolute Gasteiger partial charge is 0.306 e. The number of esters is 1. The Labute approximate surface area is 223 Å². The van der Waals surface area contributed by atoms with Crippen molar-refractivity contribution in [3.8, 4) is 0 Å². The molecule has 0 fully saturated rings. The van der Waals surface area contributed by atoms with Crippen LogP contribution in [0.3, 0.4) is 0 Å². The lowest BCUT2D eigenvalue weighted by atomic mass is 10.0. The molecule has 1 unspecified atom stereocenters. The molecule has 13 heteroatoms. The standard InChI is InChI=1S/C17H26ClNO4S.C6H7ClN2O2S/c1-4-6-7-14(5-2)12-23-16(20)10-11-24(21,22)15-9-8-13(3)17(18)19-15;1-4-2-3-5(9-6(4)7)12(8,10)11/h8-9,14H,4-7,10-12H2,1-3H3;2-3H,1H3,(H2,8,10,11). The van der Waals surface area contributed by atoms with E-state index in [-0.39, 0.29) is 32.5 Å². The summed E-state index contributed by atoms with van der Waals surface area (Å²) in [7, 11) is -7.39. The second-order valence-corrected chi connectivity index (χ2v) is 12.5. The zero-order valence-electron chi connectivity index (χ0n) is 20.8. The van der Waals surface area contributed by atoms with E-state index in [1.54, 1.807) is 26.0 Å². The van der Waals surface area contributed by atoms with Gasteiger partial charge in [0.05, 0.1) is 18.8 Å². The Morgan fingerprint density at radius 3 is 1.97 bits per heavy atom. The van der Waals surface area contributed by atoms with Crippen molar-refractivity contribution < 1.29 is 26.4 Å². The van der Waals surface area contributed by atoms with Crippen LogP contribution in [0.15, 0.2) is 34.3 Å². The summed E-state index contributed by atoms with van der Waals surface area (Å²) in [6.07, 6.45) is 3.99. The number of nitrogens with zero attached hydrogens (tertiary/aromatic N) is 2. The Morgan fingerprint density at radius 2 is 1.50 bits per heavy atom. The summed E-state index contributed by atoms with van der Waals surface area (Å²) >= 11 is 11.4. The fourth-order valence-electron chi connectivity index (χ4n) is 2.81. The van der Waals surface area contributed by atoms with Gasteiger partial charge >= 0.3 is 5.97 Å². The minimum Gasteiger partial charge on any atom is -0.465 e. The van der Waals surface area contributed by atoms with Gasteiger partial charge < -0.3 is 4.74 Å². The van der Waals surface area contributed by atoms with E-state index in [0.29, 0.717) is 23.7 Å². The van der Waals surface area contributed by atoms with Crippen LogP contribution >= 0.6 is 23.2 Å². The van der Waals surface area contributed by atoms with Crippen LogP contribution in [0, 0.1) is 19.8 Å². The van der Waals surface area contributed by atoms with E-state index in [2.05, 4.69) is 23.8 Å². The zero-order chi connectivity index (χ0) is 27.5. The van der Waals surface area contributed by atoms with Crippen molar-refractivity contribution in [3.05, 3.63) is 45.7 Å². The van der Waals surface area contributed by atoms with Gasteiger partial charge in [0, 0.05) is 0 Å². The number of carbonyl (C=O) groups is 1. The molecule has 202 valence electrons. The number of pyridine rings is 2. The summed E-state index contributed by atoms with van der Waals surface area (Å²) in [5.41, 5.74) is 1.41. The van der Waals surface area contributed by atoms with Crippen molar-refractivity contribution in [2.24, 2.45) is 11.1 Å². The number of carbonyl (C=O) groups excluding carboxylic acids is 1. The molecule has 2 heterocycles. The number of hydrogen-bond acceptors (Lipinski definition) is 8. The second kappa shape index (κ2) is 14.8. The highest BCUT2D eigenvalue weighted by Gasteiger charge is 2.20. The minimum absolute atomic E-state index is 0.111. The molecule has 0 bridgehead atoms. The number of aromatic nitrogens is 2. The molecular formula is C23H33Cl2N3O6S2.